The minimum atomic E-state index is -3.76. The molecule has 0 fully saturated rings. The Morgan fingerprint density at radius 3 is 2.41 bits per heavy atom. The lowest BCUT2D eigenvalue weighted by atomic mass is 10.1. The molecular formula is C26H26N4O3S. The van der Waals surface area contributed by atoms with Gasteiger partial charge in [0.15, 0.2) is 0 Å². The van der Waals surface area contributed by atoms with Gasteiger partial charge >= 0.3 is 0 Å². The van der Waals surface area contributed by atoms with Gasteiger partial charge in [-0.1, -0.05) is 30.3 Å². The van der Waals surface area contributed by atoms with E-state index in [1.54, 1.807) is 23.0 Å². The molecule has 7 nitrogen and oxygen atoms in total. The zero-order valence-electron chi connectivity index (χ0n) is 19.0. The van der Waals surface area contributed by atoms with Gasteiger partial charge in [0.25, 0.3) is 15.9 Å². The van der Waals surface area contributed by atoms with Crippen molar-refractivity contribution in [3.63, 3.8) is 0 Å². The van der Waals surface area contributed by atoms with Crippen molar-refractivity contribution in [2.45, 2.75) is 25.2 Å². The first-order valence-electron chi connectivity index (χ1n) is 10.9. The Balaban J connectivity index is 1.34. The molecule has 3 aromatic carbocycles. The summed E-state index contributed by atoms with van der Waals surface area (Å²) in [5.74, 6) is -0.262. The van der Waals surface area contributed by atoms with Gasteiger partial charge in [-0.05, 0) is 79.4 Å². The summed E-state index contributed by atoms with van der Waals surface area (Å²) in [7, 11) is -3.76. The molecule has 2 N–H and O–H groups in total. The second-order valence-electron chi connectivity index (χ2n) is 8.01. The standard InChI is InChI=1S/C26H26N4O3S/c1-19-7-6-10-25(20(19)2)29-34(32,33)24-13-11-22(12-14-24)26(31)27-16-15-21-17-28-30(18-21)23-8-4-3-5-9-23/h3-14,17-18,29H,15-16H2,1-2H3,(H,27,31). The van der Waals surface area contributed by atoms with Gasteiger partial charge in [-0.25, -0.2) is 13.1 Å². The van der Waals surface area contributed by atoms with Crippen LogP contribution in [0.1, 0.15) is 27.0 Å². The summed E-state index contributed by atoms with van der Waals surface area (Å²) in [4.78, 5) is 12.6. The molecule has 0 unspecified atom stereocenters. The Morgan fingerprint density at radius 1 is 0.941 bits per heavy atom. The number of aryl methyl sites for hydroxylation is 1. The topological polar surface area (TPSA) is 93.1 Å². The minimum Gasteiger partial charge on any atom is -0.352 e. The van der Waals surface area contributed by atoms with Crippen molar-refractivity contribution in [3.05, 3.63) is 107 Å². The van der Waals surface area contributed by atoms with Crippen molar-refractivity contribution in [1.82, 2.24) is 15.1 Å². The highest BCUT2D eigenvalue weighted by molar-refractivity contribution is 7.92. The van der Waals surface area contributed by atoms with Gasteiger partial charge in [-0.15, -0.1) is 0 Å². The first-order valence-corrected chi connectivity index (χ1v) is 12.4. The molecule has 0 spiro atoms. The Hall–Kier alpha value is -3.91. The van der Waals surface area contributed by atoms with Crippen LogP contribution in [0.4, 0.5) is 5.69 Å². The van der Waals surface area contributed by atoms with E-state index in [9.17, 15) is 13.2 Å². The fourth-order valence-corrected chi connectivity index (χ4v) is 4.61. The van der Waals surface area contributed by atoms with Crippen molar-refractivity contribution in [2.75, 3.05) is 11.3 Å². The van der Waals surface area contributed by atoms with Gasteiger partial charge in [-0.2, -0.15) is 5.10 Å². The third-order valence-electron chi connectivity index (χ3n) is 5.63. The fraction of sp³-hybridized carbons (Fsp3) is 0.154. The van der Waals surface area contributed by atoms with Crippen molar-refractivity contribution in [1.29, 1.82) is 0 Å². The predicted molar refractivity (Wildman–Crippen MR) is 133 cm³/mol. The Labute approximate surface area is 199 Å². The van der Waals surface area contributed by atoms with Gasteiger partial charge in [0.05, 0.1) is 22.5 Å². The Kier molecular flexibility index (Phi) is 6.79. The maximum Gasteiger partial charge on any atom is 0.261 e. The number of aromatic nitrogens is 2. The number of nitrogens with zero attached hydrogens (tertiary/aromatic N) is 2. The van der Waals surface area contributed by atoms with Gasteiger partial charge in [0, 0.05) is 18.3 Å². The molecule has 0 saturated heterocycles. The third-order valence-corrected chi connectivity index (χ3v) is 7.01. The van der Waals surface area contributed by atoms with Gasteiger partial charge < -0.3 is 5.32 Å². The highest BCUT2D eigenvalue weighted by atomic mass is 32.2. The first-order chi connectivity index (χ1) is 16.3. The van der Waals surface area contributed by atoms with E-state index >= 15 is 0 Å². The molecule has 174 valence electrons. The lowest BCUT2D eigenvalue weighted by Gasteiger charge is -2.12. The zero-order chi connectivity index (χ0) is 24.1. The van der Waals surface area contributed by atoms with E-state index < -0.39 is 10.0 Å². The van der Waals surface area contributed by atoms with Crippen LogP contribution < -0.4 is 10.0 Å². The fourth-order valence-electron chi connectivity index (χ4n) is 3.48. The molecule has 0 radical (unpaired) electrons. The van der Waals surface area contributed by atoms with Crippen LogP contribution in [0.3, 0.4) is 0 Å². The number of nitrogens with one attached hydrogen (secondary N) is 2. The third kappa shape index (κ3) is 5.35. The van der Waals surface area contributed by atoms with E-state index in [4.69, 9.17) is 0 Å². The van der Waals surface area contributed by atoms with Crippen molar-refractivity contribution < 1.29 is 13.2 Å². The van der Waals surface area contributed by atoms with E-state index in [1.165, 1.54) is 24.3 Å². The number of rotatable bonds is 8. The molecule has 0 atom stereocenters. The maximum absolute atomic E-state index is 12.8. The van der Waals surface area contributed by atoms with Crippen LogP contribution in [-0.2, 0) is 16.4 Å². The monoisotopic (exact) mass is 474 g/mol. The van der Waals surface area contributed by atoms with E-state index in [2.05, 4.69) is 15.1 Å². The molecule has 8 heteroatoms. The number of sulfonamides is 1. The molecule has 0 aliphatic heterocycles. The number of carbonyl (C=O) groups is 1. The van der Waals surface area contributed by atoms with Crippen LogP contribution in [0, 0.1) is 13.8 Å². The number of para-hydroxylation sites is 1. The molecule has 0 saturated carbocycles. The summed E-state index contributed by atoms with van der Waals surface area (Å²) in [5, 5.41) is 7.22. The first kappa shape index (κ1) is 23.3. The maximum atomic E-state index is 12.8. The number of amides is 1. The molecular weight excluding hydrogens is 448 g/mol. The summed E-state index contributed by atoms with van der Waals surface area (Å²) in [6.45, 7) is 4.23. The molecule has 1 heterocycles. The number of carbonyl (C=O) groups excluding carboxylic acids is 1. The molecule has 34 heavy (non-hydrogen) atoms. The van der Waals surface area contributed by atoms with Crippen LogP contribution in [0.15, 0.2) is 90.1 Å². The molecule has 4 rings (SSSR count). The van der Waals surface area contributed by atoms with Crippen LogP contribution in [0.25, 0.3) is 5.69 Å². The van der Waals surface area contributed by atoms with Crippen LogP contribution in [0.5, 0.6) is 0 Å². The van der Waals surface area contributed by atoms with Crippen LogP contribution in [-0.4, -0.2) is 30.7 Å². The highest BCUT2D eigenvalue weighted by Gasteiger charge is 2.16. The van der Waals surface area contributed by atoms with Crippen LogP contribution in [0.2, 0.25) is 0 Å². The number of hydrogen-bond acceptors (Lipinski definition) is 4. The average Bonchev–Trinajstić information content (AvgIpc) is 3.31. The average molecular weight is 475 g/mol. The normalized spacial score (nSPS) is 11.2. The molecule has 1 amide bonds. The van der Waals surface area contributed by atoms with E-state index in [0.717, 1.165) is 22.4 Å². The van der Waals surface area contributed by atoms with E-state index in [-0.39, 0.29) is 10.8 Å². The van der Waals surface area contributed by atoms with Gasteiger partial charge in [0.2, 0.25) is 0 Å². The van der Waals surface area contributed by atoms with Gasteiger partial charge in [-0.3, -0.25) is 9.52 Å². The summed E-state index contributed by atoms with van der Waals surface area (Å²) < 4.78 is 29.9. The number of anilines is 1. The van der Waals surface area contributed by atoms with Crippen molar-refractivity contribution >= 4 is 21.6 Å². The molecule has 0 bridgehead atoms. The quantitative estimate of drug-likeness (QED) is 0.399. The summed E-state index contributed by atoms with van der Waals surface area (Å²) in [6.07, 6.45) is 4.34. The van der Waals surface area contributed by atoms with E-state index in [0.29, 0.717) is 24.2 Å². The lowest BCUT2D eigenvalue weighted by molar-refractivity contribution is 0.0954. The Bertz CT molecular complexity index is 1400. The minimum absolute atomic E-state index is 0.0956. The largest absolute Gasteiger partial charge is 0.352 e. The van der Waals surface area contributed by atoms with Crippen molar-refractivity contribution in [2.24, 2.45) is 0 Å². The SMILES string of the molecule is Cc1cccc(NS(=O)(=O)c2ccc(C(=O)NCCc3cnn(-c4ccccc4)c3)cc2)c1C. The lowest BCUT2D eigenvalue weighted by Crippen LogP contribution is -2.25. The smallest absolute Gasteiger partial charge is 0.261 e. The Morgan fingerprint density at radius 2 is 1.68 bits per heavy atom. The zero-order valence-corrected chi connectivity index (χ0v) is 19.8. The van der Waals surface area contributed by atoms with Crippen LogP contribution >= 0.6 is 0 Å². The second kappa shape index (κ2) is 9.93. The summed E-state index contributed by atoms with van der Waals surface area (Å²) >= 11 is 0. The molecule has 0 aliphatic rings. The summed E-state index contributed by atoms with van der Waals surface area (Å²) in [6, 6.07) is 21.2. The van der Waals surface area contributed by atoms with Crippen molar-refractivity contribution in [3.8, 4) is 5.69 Å². The number of benzene rings is 3. The predicted octanol–water partition coefficient (Wildman–Crippen LogP) is 4.26. The van der Waals surface area contributed by atoms with Gasteiger partial charge in [0.1, 0.15) is 0 Å². The highest BCUT2D eigenvalue weighted by Crippen LogP contribution is 2.22. The summed E-state index contributed by atoms with van der Waals surface area (Å²) in [5.41, 5.74) is 4.78. The molecule has 0 aliphatic carbocycles. The molecule has 4 aromatic rings. The molecule has 1 aromatic heterocycles. The van der Waals surface area contributed by atoms with E-state index in [1.807, 2.05) is 56.4 Å². The second-order valence-corrected chi connectivity index (χ2v) is 9.69. The number of hydrogen-bond donors (Lipinski definition) is 2.